The fourth-order valence-corrected chi connectivity index (χ4v) is 3.34. The molecule has 0 unspecified atom stereocenters. The van der Waals surface area contributed by atoms with E-state index in [4.69, 9.17) is 4.18 Å². The van der Waals surface area contributed by atoms with Gasteiger partial charge in [-0.3, -0.25) is 4.99 Å². The first-order chi connectivity index (χ1) is 12.5. The van der Waals surface area contributed by atoms with E-state index in [9.17, 15) is 8.42 Å². The highest BCUT2D eigenvalue weighted by atomic mass is 32.2. The molecule has 3 rings (SSSR count). The van der Waals surface area contributed by atoms with Crippen molar-refractivity contribution in [3.8, 4) is 5.75 Å². The number of nitrogens with zero attached hydrogens (tertiary/aromatic N) is 1. The molecule has 3 aromatic carbocycles. The molecule has 0 fully saturated rings. The summed E-state index contributed by atoms with van der Waals surface area (Å²) < 4.78 is 29.6. The zero-order valence-corrected chi connectivity index (χ0v) is 15.4. The van der Waals surface area contributed by atoms with Gasteiger partial charge in [0, 0.05) is 6.21 Å². The van der Waals surface area contributed by atoms with Gasteiger partial charge in [0.25, 0.3) is 0 Å². The van der Waals surface area contributed by atoms with Crippen LogP contribution in [0.1, 0.15) is 16.7 Å². The predicted molar refractivity (Wildman–Crippen MR) is 104 cm³/mol. The Hall–Kier alpha value is -2.92. The highest BCUT2D eigenvalue weighted by Crippen LogP contribution is 2.22. The van der Waals surface area contributed by atoms with Crippen molar-refractivity contribution in [2.75, 3.05) is 0 Å². The van der Waals surface area contributed by atoms with Crippen molar-refractivity contribution in [3.05, 3.63) is 89.5 Å². The van der Waals surface area contributed by atoms with Gasteiger partial charge in [0.15, 0.2) is 0 Å². The Labute approximate surface area is 153 Å². The van der Waals surface area contributed by atoms with Crippen LogP contribution < -0.4 is 4.18 Å². The summed E-state index contributed by atoms with van der Waals surface area (Å²) in [6, 6.07) is 20.8. The summed E-state index contributed by atoms with van der Waals surface area (Å²) in [5.74, 6) is 0.262. The van der Waals surface area contributed by atoms with E-state index in [1.54, 1.807) is 48.7 Å². The molecule has 0 saturated carbocycles. The van der Waals surface area contributed by atoms with Crippen molar-refractivity contribution in [1.29, 1.82) is 0 Å². The monoisotopic (exact) mass is 365 g/mol. The Kier molecular flexibility index (Phi) is 5.19. The lowest BCUT2D eigenvalue weighted by molar-refractivity contribution is 0.486. The maximum atomic E-state index is 12.2. The molecule has 0 saturated heterocycles. The molecule has 0 amide bonds. The lowest BCUT2D eigenvalue weighted by Gasteiger charge is -2.07. The molecule has 0 aliphatic heterocycles. The van der Waals surface area contributed by atoms with Gasteiger partial charge in [-0.15, -0.1) is 0 Å². The van der Waals surface area contributed by atoms with Gasteiger partial charge < -0.3 is 4.18 Å². The summed E-state index contributed by atoms with van der Waals surface area (Å²) in [4.78, 5) is 4.63. The average Bonchev–Trinajstić information content (AvgIpc) is 2.65. The lowest BCUT2D eigenvalue weighted by atomic mass is 10.1. The van der Waals surface area contributed by atoms with Gasteiger partial charge in [0.1, 0.15) is 10.6 Å². The molecular weight excluding hydrogens is 346 g/mol. The zero-order chi connectivity index (χ0) is 18.6. The Morgan fingerprint density at radius 2 is 1.54 bits per heavy atom. The number of aryl methyl sites for hydroxylation is 1. The van der Waals surface area contributed by atoms with E-state index in [1.165, 1.54) is 17.7 Å². The minimum atomic E-state index is -3.83. The molecule has 0 aliphatic carbocycles. The van der Waals surface area contributed by atoms with Crippen molar-refractivity contribution >= 4 is 22.0 Å². The second-order valence-corrected chi connectivity index (χ2v) is 7.44. The van der Waals surface area contributed by atoms with E-state index in [-0.39, 0.29) is 10.6 Å². The number of hydrogen-bond acceptors (Lipinski definition) is 4. The van der Waals surface area contributed by atoms with Crippen LogP contribution >= 0.6 is 0 Å². The Morgan fingerprint density at radius 1 is 0.846 bits per heavy atom. The van der Waals surface area contributed by atoms with E-state index in [1.807, 2.05) is 32.0 Å². The quantitative estimate of drug-likeness (QED) is 0.481. The first-order valence-electron chi connectivity index (χ1n) is 8.15. The van der Waals surface area contributed by atoms with Crippen molar-refractivity contribution in [1.82, 2.24) is 0 Å². The third-order valence-corrected chi connectivity index (χ3v) is 5.31. The summed E-state index contributed by atoms with van der Waals surface area (Å²) in [7, 11) is -3.83. The van der Waals surface area contributed by atoms with E-state index >= 15 is 0 Å². The minimum absolute atomic E-state index is 0.126. The average molecular weight is 365 g/mol. The fourth-order valence-electron chi connectivity index (χ4n) is 2.39. The molecular formula is C21H19NO3S. The third-order valence-electron chi connectivity index (χ3n) is 4.05. The van der Waals surface area contributed by atoms with Crippen molar-refractivity contribution in [3.63, 3.8) is 0 Å². The van der Waals surface area contributed by atoms with Crippen LogP contribution in [-0.2, 0) is 10.1 Å². The summed E-state index contributed by atoms with van der Waals surface area (Å²) in [5, 5.41) is 0. The second-order valence-electron chi connectivity index (χ2n) is 5.90. The van der Waals surface area contributed by atoms with Crippen molar-refractivity contribution in [2.24, 2.45) is 4.99 Å². The van der Waals surface area contributed by atoms with Crippen LogP contribution in [0.15, 0.2) is 82.7 Å². The van der Waals surface area contributed by atoms with Crippen LogP contribution in [0, 0.1) is 13.8 Å². The number of benzene rings is 3. The smallest absolute Gasteiger partial charge is 0.339 e. The predicted octanol–water partition coefficient (Wildman–Crippen LogP) is 4.82. The number of aliphatic imine (C=N–C) groups is 1. The number of hydrogen-bond donors (Lipinski definition) is 0. The standard InChI is InChI=1S/C21H19NO3S/c1-16-7-6-10-21(17(16)2)22-15-18-11-13-19(14-12-18)25-26(23,24)20-8-4-3-5-9-20/h3-15H,1-2H3. The molecule has 0 spiro atoms. The maximum Gasteiger partial charge on any atom is 0.339 e. The maximum absolute atomic E-state index is 12.2. The van der Waals surface area contributed by atoms with Crippen LogP contribution in [0.2, 0.25) is 0 Å². The van der Waals surface area contributed by atoms with Crippen LogP contribution in [0.25, 0.3) is 0 Å². The SMILES string of the molecule is Cc1cccc(N=Cc2ccc(OS(=O)(=O)c3ccccc3)cc2)c1C. The number of rotatable bonds is 5. The molecule has 0 radical (unpaired) electrons. The van der Waals surface area contributed by atoms with Gasteiger partial charge in [-0.2, -0.15) is 8.42 Å². The zero-order valence-electron chi connectivity index (χ0n) is 14.6. The van der Waals surface area contributed by atoms with Crippen LogP contribution in [0.3, 0.4) is 0 Å². The molecule has 0 aromatic heterocycles. The third kappa shape index (κ3) is 4.18. The molecule has 0 heterocycles. The largest absolute Gasteiger partial charge is 0.379 e. The molecule has 132 valence electrons. The van der Waals surface area contributed by atoms with Gasteiger partial charge in [-0.05, 0) is 73.0 Å². The Balaban J connectivity index is 1.75. The molecule has 0 bridgehead atoms. The summed E-state index contributed by atoms with van der Waals surface area (Å²) in [5.41, 5.74) is 4.10. The molecule has 0 aliphatic rings. The minimum Gasteiger partial charge on any atom is -0.379 e. The van der Waals surface area contributed by atoms with Gasteiger partial charge in [-0.25, -0.2) is 0 Å². The van der Waals surface area contributed by atoms with Gasteiger partial charge >= 0.3 is 10.1 Å². The van der Waals surface area contributed by atoms with Gasteiger partial charge in [-0.1, -0.05) is 30.3 Å². The van der Waals surface area contributed by atoms with Gasteiger partial charge in [0.05, 0.1) is 5.69 Å². The summed E-state index contributed by atoms with van der Waals surface area (Å²) >= 11 is 0. The first-order valence-corrected chi connectivity index (χ1v) is 9.56. The van der Waals surface area contributed by atoms with E-state index < -0.39 is 10.1 Å². The van der Waals surface area contributed by atoms with Crippen molar-refractivity contribution in [2.45, 2.75) is 18.7 Å². The molecule has 26 heavy (non-hydrogen) atoms. The van der Waals surface area contributed by atoms with E-state index in [0.29, 0.717) is 0 Å². The topological polar surface area (TPSA) is 55.7 Å². The Bertz CT molecular complexity index is 1020. The Morgan fingerprint density at radius 3 is 2.23 bits per heavy atom. The highest BCUT2D eigenvalue weighted by molar-refractivity contribution is 7.87. The summed E-state index contributed by atoms with van der Waals surface area (Å²) in [6.07, 6.45) is 1.75. The molecule has 4 nitrogen and oxygen atoms in total. The van der Waals surface area contributed by atoms with Crippen LogP contribution in [0.4, 0.5) is 5.69 Å². The normalized spacial score (nSPS) is 11.6. The van der Waals surface area contributed by atoms with Crippen LogP contribution in [-0.4, -0.2) is 14.6 Å². The van der Waals surface area contributed by atoms with Crippen LogP contribution in [0.5, 0.6) is 5.75 Å². The lowest BCUT2D eigenvalue weighted by Crippen LogP contribution is -2.09. The first kappa shape index (κ1) is 17.9. The summed E-state index contributed by atoms with van der Waals surface area (Å²) in [6.45, 7) is 4.08. The molecule has 3 aromatic rings. The second kappa shape index (κ2) is 7.54. The molecule has 0 N–H and O–H groups in total. The molecule has 5 heteroatoms. The van der Waals surface area contributed by atoms with Crippen molar-refractivity contribution < 1.29 is 12.6 Å². The van der Waals surface area contributed by atoms with E-state index in [0.717, 1.165) is 16.8 Å². The molecule has 0 atom stereocenters. The van der Waals surface area contributed by atoms with E-state index in [2.05, 4.69) is 4.99 Å². The fraction of sp³-hybridized carbons (Fsp3) is 0.0952. The highest BCUT2D eigenvalue weighted by Gasteiger charge is 2.15. The van der Waals surface area contributed by atoms with Gasteiger partial charge in [0.2, 0.25) is 0 Å².